The molecule has 1 aromatic rings. The van der Waals surface area contributed by atoms with Crippen LogP contribution < -0.4 is 4.74 Å². The number of unbranched alkanes of at least 4 members (excludes halogenated alkanes) is 1. The molecule has 0 aromatic heterocycles. The highest BCUT2D eigenvalue weighted by Crippen LogP contribution is 2.25. The molecule has 0 bridgehead atoms. The fourth-order valence-electron chi connectivity index (χ4n) is 2.57. The van der Waals surface area contributed by atoms with Gasteiger partial charge in [-0.15, -0.1) is 0 Å². The van der Waals surface area contributed by atoms with Crippen molar-refractivity contribution in [3.8, 4) is 5.75 Å². The van der Waals surface area contributed by atoms with Crippen molar-refractivity contribution in [2.24, 2.45) is 11.8 Å². The van der Waals surface area contributed by atoms with Gasteiger partial charge in [-0.1, -0.05) is 30.4 Å². The molecule has 2 atom stereocenters. The highest BCUT2D eigenvalue weighted by Gasteiger charge is 2.27. The molecule has 1 heterocycles. The van der Waals surface area contributed by atoms with E-state index in [0.717, 1.165) is 31.8 Å². The molecule has 0 saturated carbocycles. The summed E-state index contributed by atoms with van der Waals surface area (Å²) in [5.41, 5.74) is 0. The molecule has 0 unspecified atom stereocenters. The lowest BCUT2D eigenvalue weighted by molar-refractivity contribution is -0.137. The Balaban J connectivity index is 1.67. The molecule has 1 aliphatic heterocycles. The quantitative estimate of drug-likeness (QED) is 0.560. The van der Waals surface area contributed by atoms with E-state index in [0.29, 0.717) is 24.9 Å². The largest absolute Gasteiger partial charge is 0.493 e. The van der Waals surface area contributed by atoms with Crippen LogP contribution in [0.3, 0.4) is 0 Å². The molecule has 0 radical (unpaired) electrons. The number of hydrogen-bond acceptors (Lipinski definition) is 3. The smallest absolute Gasteiger partial charge is 0.303 e. The molecule has 1 aliphatic rings. The normalized spacial score (nSPS) is 21.3. The van der Waals surface area contributed by atoms with E-state index >= 15 is 0 Å². The zero-order valence-corrected chi connectivity index (χ0v) is 12.8. The summed E-state index contributed by atoms with van der Waals surface area (Å²) in [5.74, 6) is 1.08. The van der Waals surface area contributed by atoms with Crippen LogP contribution >= 0.6 is 0 Å². The first-order chi connectivity index (χ1) is 10.8. The molecule has 1 saturated heterocycles. The van der Waals surface area contributed by atoms with E-state index in [1.165, 1.54) is 0 Å². The molecule has 4 nitrogen and oxygen atoms in total. The maximum Gasteiger partial charge on any atom is 0.303 e. The van der Waals surface area contributed by atoms with Gasteiger partial charge in [-0.25, -0.2) is 0 Å². The molecule has 120 valence electrons. The van der Waals surface area contributed by atoms with Crippen molar-refractivity contribution in [2.75, 3.05) is 19.8 Å². The number of hydrogen-bond donors (Lipinski definition) is 1. The summed E-state index contributed by atoms with van der Waals surface area (Å²) in [6.07, 6.45) is 6.96. The first-order valence-corrected chi connectivity index (χ1v) is 7.88. The summed E-state index contributed by atoms with van der Waals surface area (Å²) in [7, 11) is 0. The zero-order valence-electron chi connectivity index (χ0n) is 12.8. The second-order valence-electron chi connectivity index (χ2n) is 5.67. The molecule has 1 aromatic carbocycles. The van der Waals surface area contributed by atoms with Crippen LogP contribution in [0.25, 0.3) is 0 Å². The van der Waals surface area contributed by atoms with Crippen molar-refractivity contribution >= 4 is 5.97 Å². The standard InChI is InChI=1S/C18H24O4/c19-18(20)11-7-2-1-4-8-15-12-21-13-16(15)14-22-17-9-5-3-6-10-17/h1,3-6,9-10,15-16H,2,7-8,11-14H2,(H,19,20)/b4-1-/t15-,16-/m0/s1. The lowest BCUT2D eigenvalue weighted by atomic mass is 9.93. The van der Waals surface area contributed by atoms with Gasteiger partial charge in [0.2, 0.25) is 0 Å². The van der Waals surface area contributed by atoms with Gasteiger partial charge >= 0.3 is 5.97 Å². The lowest BCUT2D eigenvalue weighted by Crippen LogP contribution is -2.19. The number of rotatable bonds is 9. The van der Waals surface area contributed by atoms with E-state index in [-0.39, 0.29) is 6.42 Å². The highest BCUT2D eigenvalue weighted by molar-refractivity contribution is 5.66. The van der Waals surface area contributed by atoms with Crippen LogP contribution in [-0.4, -0.2) is 30.9 Å². The minimum Gasteiger partial charge on any atom is -0.493 e. The summed E-state index contributed by atoms with van der Waals surface area (Å²) in [5, 5.41) is 8.58. The van der Waals surface area contributed by atoms with Crippen LogP contribution in [-0.2, 0) is 9.53 Å². The third-order valence-electron chi connectivity index (χ3n) is 3.90. The zero-order chi connectivity index (χ0) is 15.6. The number of allylic oxidation sites excluding steroid dienone is 2. The number of carboxylic acids is 1. The number of ether oxygens (including phenoxy) is 2. The maximum atomic E-state index is 10.4. The average Bonchev–Trinajstić information content (AvgIpc) is 2.97. The summed E-state index contributed by atoms with van der Waals surface area (Å²) in [6, 6.07) is 9.85. The molecule has 0 amide bonds. The van der Waals surface area contributed by atoms with Gasteiger partial charge < -0.3 is 14.6 Å². The van der Waals surface area contributed by atoms with Gasteiger partial charge in [-0.3, -0.25) is 4.79 Å². The molecule has 0 aliphatic carbocycles. The van der Waals surface area contributed by atoms with Crippen molar-refractivity contribution in [3.63, 3.8) is 0 Å². The Morgan fingerprint density at radius 2 is 2.00 bits per heavy atom. The Morgan fingerprint density at radius 3 is 2.77 bits per heavy atom. The summed E-state index contributed by atoms with van der Waals surface area (Å²) in [6.45, 7) is 2.22. The summed E-state index contributed by atoms with van der Waals surface area (Å²) < 4.78 is 11.4. The Kier molecular flexibility index (Phi) is 6.97. The fourth-order valence-corrected chi connectivity index (χ4v) is 2.57. The number of para-hydroxylation sites is 1. The number of aliphatic carboxylic acids is 1. The Bertz CT molecular complexity index is 469. The van der Waals surface area contributed by atoms with E-state index in [4.69, 9.17) is 14.6 Å². The van der Waals surface area contributed by atoms with Crippen LogP contribution in [0.1, 0.15) is 25.7 Å². The predicted octanol–water partition coefficient (Wildman–Crippen LogP) is 3.53. The van der Waals surface area contributed by atoms with Crippen molar-refractivity contribution in [1.29, 1.82) is 0 Å². The first-order valence-electron chi connectivity index (χ1n) is 7.88. The molecular weight excluding hydrogens is 280 g/mol. The maximum absolute atomic E-state index is 10.4. The van der Waals surface area contributed by atoms with Gasteiger partial charge in [0.15, 0.2) is 0 Å². The third-order valence-corrected chi connectivity index (χ3v) is 3.90. The molecule has 1 fully saturated rings. The molecule has 1 N–H and O–H groups in total. The van der Waals surface area contributed by atoms with Crippen LogP contribution in [0.15, 0.2) is 42.5 Å². The van der Waals surface area contributed by atoms with Crippen LogP contribution in [0, 0.1) is 11.8 Å². The number of carbonyl (C=O) groups is 1. The number of benzene rings is 1. The Hall–Kier alpha value is -1.81. The van der Waals surface area contributed by atoms with Gasteiger partial charge in [0, 0.05) is 12.3 Å². The average molecular weight is 304 g/mol. The SMILES string of the molecule is O=C(O)CCC/C=C\C[C@H]1COC[C@H]1COc1ccccc1. The molecule has 22 heavy (non-hydrogen) atoms. The van der Waals surface area contributed by atoms with E-state index in [9.17, 15) is 4.79 Å². The minimum absolute atomic E-state index is 0.240. The first kappa shape index (κ1) is 16.6. The van der Waals surface area contributed by atoms with Gasteiger partial charge in [-0.05, 0) is 37.3 Å². The Morgan fingerprint density at radius 1 is 1.23 bits per heavy atom. The summed E-state index contributed by atoms with van der Waals surface area (Å²) in [4.78, 5) is 10.4. The van der Waals surface area contributed by atoms with Crippen molar-refractivity contribution in [3.05, 3.63) is 42.5 Å². The van der Waals surface area contributed by atoms with Crippen molar-refractivity contribution < 1.29 is 19.4 Å². The van der Waals surface area contributed by atoms with Gasteiger partial charge in [0.25, 0.3) is 0 Å². The highest BCUT2D eigenvalue weighted by atomic mass is 16.5. The van der Waals surface area contributed by atoms with Crippen molar-refractivity contribution in [1.82, 2.24) is 0 Å². The molecular formula is C18H24O4. The lowest BCUT2D eigenvalue weighted by Gasteiger charge is -2.16. The third kappa shape index (κ3) is 5.90. The fraction of sp³-hybridized carbons (Fsp3) is 0.500. The minimum atomic E-state index is -0.726. The molecule has 0 spiro atoms. The second-order valence-corrected chi connectivity index (χ2v) is 5.67. The van der Waals surface area contributed by atoms with Crippen LogP contribution in [0.5, 0.6) is 5.75 Å². The van der Waals surface area contributed by atoms with Crippen molar-refractivity contribution in [2.45, 2.75) is 25.7 Å². The second kappa shape index (κ2) is 9.26. The van der Waals surface area contributed by atoms with E-state index < -0.39 is 5.97 Å². The monoisotopic (exact) mass is 304 g/mol. The molecule has 2 rings (SSSR count). The van der Waals surface area contributed by atoms with Crippen LogP contribution in [0.2, 0.25) is 0 Å². The number of carboxylic acid groups (broad SMARTS) is 1. The van der Waals surface area contributed by atoms with E-state index in [1.807, 2.05) is 30.3 Å². The summed E-state index contributed by atoms with van der Waals surface area (Å²) >= 11 is 0. The Labute approximate surface area is 131 Å². The van der Waals surface area contributed by atoms with E-state index in [2.05, 4.69) is 12.2 Å². The van der Waals surface area contributed by atoms with E-state index in [1.54, 1.807) is 0 Å². The van der Waals surface area contributed by atoms with Crippen LogP contribution in [0.4, 0.5) is 0 Å². The predicted molar refractivity (Wildman–Crippen MR) is 85.0 cm³/mol. The molecule has 4 heteroatoms. The van der Waals surface area contributed by atoms with Gasteiger partial charge in [-0.2, -0.15) is 0 Å². The van der Waals surface area contributed by atoms with Gasteiger partial charge in [0.1, 0.15) is 5.75 Å². The van der Waals surface area contributed by atoms with Gasteiger partial charge in [0.05, 0.1) is 19.8 Å². The topological polar surface area (TPSA) is 55.8 Å².